The number of nitriles is 1. The highest BCUT2D eigenvalue weighted by Crippen LogP contribution is 2.13. The van der Waals surface area contributed by atoms with Crippen molar-refractivity contribution in [2.24, 2.45) is 0 Å². The summed E-state index contributed by atoms with van der Waals surface area (Å²) in [5, 5.41) is 8.69. The SMILES string of the molecule is Cc1cc(C#N)cc(C(C)C)n1. The molecule has 1 heterocycles. The molecule has 0 aliphatic carbocycles. The molecule has 0 amide bonds. The van der Waals surface area contributed by atoms with E-state index in [-0.39, 0.29) is 0 Å². The van der Waals surface area contributed by atoms with Crippen LogP contribution in [0.4, 0.5) is 0 Å². The highest BCUT2D eigenvalue weighted by Gasteiger charge is 2.02. The minimum absolute atomic E-state index is 0.386. The van der Waals surface area contributed by atoms with Gasteiger partial charge in [0.05, 0.1) is 11.6 Å². The van der Waals surface area contributed by atoms with E-state index >= 15 is 0 Å². The first-order chi connectivity index (χ1) is 5.63. The molecule has 2 heteroatoms. The molecular weight excluding hydrogens is 148 g/mol. The van der Waals surface area contributed by atoms with Crippen LogP contribution in [0.3, 0.4) is 0 Å². The molecule has 0 fully saturated rings. The van der Waals surface area contributed by atoms with Gasteiger partial charge in [0.25, 0.3) is 0 Å². The average Bonchev–Trinajstić information content (AvgIpc) is 2.03. The first kappa shape index (κ1) is 8.73. The minimum atomic E-state index is 0.386. The number of hydrogen-bond donors (Lipinski definition) is 0. The van der Waals surface area contributed by atoms with Gasteiger partial charge in [0.2, 0.25) is 0 Å². The lowest BCUT2D eigenvalue weighted by molar-refractivity contribution is 0.814. The molecule has 1 rings (SSSR count). The number of pyridine rings is 1. The predicted molar refractivity (Wildman–Crippen MR) is 47.8 cm³/mol. The van der Waals surface area contributed by atoms with Gasteiger partial charge in [-0.25, -0.2) is 0 Å². The second-order valence-electron chi connectivity index (χ2n) is 3.19. The van der Waals surface area contributed by atoms with E-state index in [4.69, 9.17) is 5.26 Å². The summed E-state index contributed by atoms with van der Waals surface area (Å²) in [6, 6.07) is 5.77. The van der Waals surface area contributed by atoms with Crippen LogP contribution in [0.5, 0.6) is 0 Å². The summed E-state index contributed by atoms with van der Waals surface area (Å²) in [5.41, 5.74) is 2.61. The summed E-state index contributed by atoms with van der Waals surface area (Å²) in [6.45, 7) is 6.05. The number of rotatable bonds is 1. The first-order valence-electron chi connectivity index (χ1n) is 4.02. The molecule has 62 valence electrons. The van der Waals surface area contributed by atoms with Crippen LogP contribution >= 0.6 is 0 Å². The summed E-state index contributed by atoms with van der Waals surface area (Å²) in [6.07, 6.45) is 0. The van der Waals surface area contributed by atoms with Gasteiger partial charge in [-0.15, -0.1) is 0 Å². The highest BCUT2D eigenvalue weighted by molar-refractivity contribution is 5.32. The van der Waals surface area contributed by atoms with Crippen LogP contribution < -0.4 is 0 Å². The molecule has 0 aliphatic rings. The molecule has 0 unspecified atom stereocenters. The van der Waals surface area contributed by atoms with Crippen LogP contribution in [0.15, 0.2) is 12.1 Å². The van der Waals surface area contributed by atoms with Gasteiger partial charge < -0.3 is 0 Å². The van der Waals surface area contributed by atoms with Crippen LogP contribution in [-0.2, 0) is 0 Å². The fourth-order valence-corrected chi connectivity index (χ4v) is 1.05. The van der Waals surface area contributed by atoms with Gasteiger partial charge in [0, 0.05) is 11.4 Å². The molecule has 0 atom stereocenters. The molecule has 0 spiro atoms. The van der Waals surface area contributed by atoms with Crippen molar-refractivity contribution >= 4 is 0 Å². The van der Waals surface area contributed by atoms with Crippen LogP contribution in [0, 0.1) is 18.3 Å². The third kappa shape index (κ3) is 1.82. The van der Waals surface area contributed by atoms with Gasteiger partial charge in [0.1, 0.15) is 0 Å². The van der Waals surface area contributed by atoms with Crippen molar-refractivity contribution in [3.05, 3.63) is 29.1 Å². The molecular formula is C10H12N2. The predicted octanol–water partition coefficient (Wildman–Crippen LogP) is 2.39. The Labute approximate surface area is 72.9 Å². The Morgan fingerprint density at radius 3 is 2.58 bits per heavy atom. The summed E-state index contributed by atoms with van der Waals surface area (Å²) in [4.78, 5) is 4.33. The maximum Gasteiger partial charge on any atom is 0.0992 e. The quantitative estimate of drug-likeness (QED) is 0.632. The Kier molecular flexibility index (Phi) is 2.44. The summed E-state index contributed by atoms with van der Waals surface area (Å²) in [7, 11) is 0. The monoisotopic (exact) mass is 160 g/mol. The van der Waals surface area contributed by atoms with E-state index in [2.05, 4.69) is 24.9 Å². The third-order valence-electron chi connectivity index (χ3n) is 1.69. The van der Waals surface area contributed by atoms with Gasteiger partial charge in [-0.2, -0.15) is 5.26 Å². The molecule has 0 saturated heterocycles. The van der Waals surface area contributed by atoms with Gasteiger partial charge in [-0.05, 0) is 25.0 Å². The lowest BCUT2D eigenvalue weighted by Crippen LogP contribution is -1.95. The van der Waals surface area contributed by atoms with E-state index in [0.717, 1.165) is 11.4 Å². The fourth-order valence-electron chi connectivity index (χ4n) is 1.05. The zero-order valence-corrected chi connectivity index (χ0v) is 7.63. The molecule has 0 radical (unpaired) electrons. The van der Waals surface area contributed by atoms with Gasteiger partial charge >= 0.3 is 0 Å². The Bertz CT molecular complexity index is 321. The Balaban J connectivity index is 3.17. The molecule has 0 saturated carbocycles. The molecule has 0 aromatic carbocycles. The molecule has 2 nitrogen and oxygen atoms in total. The van der Waals surface area contributed by atoms with E-state index in [1.165, 1.54) is 0 Å². The number of aromatic nitrogens is 1. The number of nitrogens with zero attached hydrogens (tertiary/aromatic N) is 2. The Hall–Kier alpha value is -1.36. The van der Waals surface area contributed by atoms with Crippen LogP contribution in [0.25, 0.3) is 0 Å². The second-order valence-corrected chi connectivity index (χ2v) is 3.19. The van der Waals surface area contributed by atoms with E-state index in [1.54, 1.807) is 6.07 Å². The smallest absolute Gasteiger partial charge is 0.0992 e. The van der Waals surface area contributed by atoms with E-state index in [1.807, 2.05) is 13.0 Å². The van der Waals surface area contributed by atoms with Crippen molar-refractivity contribution in [3.63, 3.8) is 0 Å². The van der Waals surface area contributed by atoms with E-state index in [0.29, 0.717) is 11.5 Å². The van der Waals surface area contributed by atoms with Crippen molar-refractivity contribution < 1.29 is 0 Å². The van der Waals surface area contributed by atoms with Crippen molar-refractivity contribution in [2.75, 3.05) is 0 Å². The maximum atomic E-state index is 8.69. The minimum Gasteiger partial charge on any atom is -0.258 e. The lowest BCUT2D eigenvalue weighted by Gasteiger charge is -2.05. The van der Waals surface area contributed by atoms with E-state index in [9.17, 15) is 0 Å². The summed E-state index contributed by atoms with van der Waals surface area (Å²) >= 11 is 0. The largest absolute Gasteiger partial charge is 0.258 e. The molecule has 0 bridgehead atoms. The van der Waals surface area contributed by atoms with E-state index < -0.39 is 0 Å². The highest BCUT2D eigenvalue weighted by atomic mass is 14.7. The summed E-state index contributed by atoms with van der Waals surface area (Å²) < 4.78 is 0. The van der Waals surface area contributed by atoms with Gasteiger partial charge in [-0.3, -0.25) is 4.98 Å². The first-order valence-corrected chi connectivity index (χ1v) is 4.02. The molecule has 1 aromatic heterocycles. The van der Waals surface area contributed by atoms with Gasteiger partial charge in [0.15, 0.2) is 0 Å². The Morgan fingerprint density at radius 2 is 2.08 bits per heavy atom. The Morgan fingerprint density at radius 1 is 1.42 bits per heavy atom. The second kappa shape index (κ2) is 3.36. The van der Waals surface area contributed by atoms with Crippen LogP contribution in [0.2, 0.25) is 0 Å². The van der Waals surface area contributed by atoms with Crippen molar-refractivity contribution in [2.45, 2.75) is 26.7 Å². The lowest BCUT2D eigenvalue weighted by atomic mass is 10.1. The van der Waals surface area contributed by atoms with Crippen molar-refractivity contribution in [1.29, 1.82) is 5.26 Å². The standard InChI is InChI=1S/C10H12N2/c1-7(2)10-5-9(6-11)4-8(3)12-10/h4-5,7H,1-3H3. The van der Waals surface area contributed by atoms with Crippen LogP contribution in [0.1, 0.15) is 36.7 Å². The zero-order chi connectivity index (χ0) is 9.14. The topological polar surface area (TPSA) is 36.7 Å². The average molecular weight is 160 g/mol. The third-order valence-corrected chi connectivity index (χ3v) is 1.69. The number of hydrogen-bond acceptors (Lipinski definition) is 2. The maximum absolute atomic E-state index is 8.69. The van der Waals surface area contributed by atoms with Crippen molar-refractivity contribution in [3.8, 4) is 6.07 Å². The zero-order valence-electron chi connectivity index (χ0n) is 7.63. The number of aryl methyl sites for hydroxylation is 1. The molecule has 0 N–H and O–H groups in total. The molecule has 12 heavy (non-hydrogen) atoms. The van der Waals surface area contributed by atoms with Crippen LogP contribution in [-0.4, -0.2) is 4.98 Å². The van der Waals surface area contributed by atoms with Crippen molar-refractivity contribution in [1.82, 2.24) is 4.98 Å². The normalized spacial score (nSPS) is 9.92. The molecule has 1 aromatic rings. The molecule has 0 aliphatic heterocycles. The fraction of sp³-hybridized carbons (Fsp3) is 0.400. The summed E-state index contributed by atoms with van der Waals surface area (Å²) in [5.74, 6) is 0.386. The van der Waals surface area contributed by atoms with Gasteiger partial charge in [-0.1, -0.05) is 13.8 Å².